The van der Waals surface area contributed by atoms with Gasteiger partial charge < -0.3 is 0 Å². The molecule has 30 heavy (non-hydrogen) atoms. The lowest BCUT2D eigenvalue weighted by Gasteiger charge is -2.23. The van der Waals surface area contributed by atoms with Crippen LogP contribution in [0.4, 0.5) is 11.4 Å². The van der Waals surface area contributed by atoms with Gasteiger partial charge in [0.05, 0.1) is 11.4 Å². The molecule has 2 aromatic carbocycles. The van der Waals surface area contributed by atoms with Crippen LogP contribution in [0.25, 0.3) is 11.1 Å². The van der Waals surface area contributed by atoms with Crippen LogP contribution in [-0.4, -0.2) is 23.6 Å². The topological polar surface area (TPSA) is 74.8 Å². The van der Waals surface area contributed by atoms with Gasteiger partial charge in [0, 0.05) is 45.6 Å². The van der Waals surface area contributed by atoms with Crippen molar-refractivity contribution in [1.82, 2.24) is 0 Å². The Morgan fingerprint density at radius 1 is 0.533 bits per heavy atom. The Morgan fingerprint density at radius 3 is 0.900 bits per heavy atom. The lowest BCUT2D eigenvalue weighted by atomic mass is 10.0. The Bertz CT molecular complexity index is 925. The van der Waals surface area contributed by atoms with Gasteiger partial charge in [0.1, 0.15) is 0 Å². The van der Waals surface area contributed by atoms with Gasteiger partial charge in [-0.2, -0.15) is 0 Å². The Balaban J connectivity index is 2.64. The Hall–Kier alpha value is -1.36. The molecule has 0 fully saturated rings. The quantitative estimate of drug-likeness (QED) is 0.391. The molecule has 0 spiro atoms. The predicted molar refractivity (Wildman–Crippen MR) is 130 cm³/mol. The van der Waals surface area contributed by atoms with E-state index in [1.54, 1.807) is 24.3 Å². The molecule has 4 amide bonds. The first-order valence-corrected chi connectivity index (χ1v) is 11.6. The lowest BCUT2D eigenvalue weighted by molar-refractivity contribution is -0.125. The highest BCUT2D eigenvalue weighted by Gasteiger charge is 2.25. The Kier molecular flexibility index (Phi) is 8.17. The number of nitrogens with zero attached hydrogens (tertiary/aromatic N) is 2. The van der Waals surface area contributed by atoms with Crippen LogP contribution in [-0.2, 0) is 19.2 Å². The summed E-state index contributed by atoms with van der Waals surface area (Å²) in [6.45, 7) is 5.27. The smallest absolute Gasteiger partial charge is 0.230 e. The van der Waals surface area contributed by atoms with Crippen LogP contribution in [0.3, 0.4) is 0 Å². The van der Waals surface area contributed by atoms with Gasteiger partial charge in [-0.25, -0.2) is 9.80 Å². The normalized spacial score (nSPS) is 10.5. The standard InChI is InChI=1S/C20H16Br4N2O4/c1-9(27)25(10(2)28)19-15(21)5-13(6-16(19)22)14-7-17(23)20(18(24)8-14)26(11(3)29)12(4)30/h5-8H,1-4H3. The molecular formula is C20H16Br4N2O4. The summed E-state index contributed by atoms with van der Waals surface area (Å²) < 4.78 is 2.18. The van der Waals surface area contributed by atoms with Crippen LogP contribution in [0.15, 0.2) is 42.2 Å². The molecule has 0 unspecified atom stereocenters. The van der Waals surface area contributed by atoms with E-state index in [1.807, 2.05) is 0 Å². The summed E-state index contributed by atoms with van der Waals surface area (Å²) in [7, 11) is 0. The fourth-order valence-corrected chi connectivity index (χ4v) is 6.05. The van der Waals surface area contributed by atoms with E-state index in [9.17, 15) is 19.2 Å². The number of benzene rings is 2. The van der Waals surface area contributed by atoms with E-state index in [-0.39, 0.29) is 0 Å². The van der Waals surface area contributed by atoms with Gasteiger partial charge in [-0.3, -0.25) is 19.2 Å². The number of carbonyl (C=O) groups excluding carboxylic acids is 4. The van der Waals surface area contributed by atoms with Gasteiger partial charge in [-0.05, 0) is 99.1 Å². The molecule has 0 aliphatic carbocycles. The number of halogens is 4. The van der Waals surface area contributed by atoms with E-state index >= 15 is 0 Å². The minimum Gasteiger partial charge on any atom is -0.274 e. The van der Waals surface area contributed by atoms with Crippen molar-refractivity contribution < 1.29 is 19.2 Å². The number of rotatable bonds is 3. The second-order valence-electron chi connectivity index (χ2n) is 6.32. The van der Waals surface area contributed by atoms with Crippen LogP contribution >= 0.6 is 63.7 Å². The Morgan fingerprint density at radius 2 is 0.733 bits per heavy atom. The van der Waals surface area contributed by atoms with Crippen molar-refractivity contribution in [2.24, 2.45) is 0 Å². The summed E-state index contributed by atoms with van der Waals surface area (Å²) in [5.74, 6) is -1.61. The van der Waals surface area contributed by atoms with E-state index in [0.717, 1.165) is 20.9 Å². The summed E-state index contributed by atoms with van der Waals surface area (Å²) in [5, 5.41) is 0. The van der Waals surface area contributed by atoms with Crippen LogP contribution in [0.1, 0.15) is 27.7 Å². The molecule has 0 aliphatic heterocycles. The molecule has 0 atom stereocenters. The zero-order chi connectivity index (χ0) is 22.9. The number of anilines is 2. The van der Waals surface area contributed by atoms with Crippen molar-refractivity contribution in [3.63, 3.8) is 0 Å². The van der Waals surface area contributed by atoms with Crippen molar-refractivity contribution in [3.8, 4) is 11.1 Å². The first kappa shape index (κ1) is 24.9. The molecule has 0 saturated heterocycles. The van der Waals surface area contributed by atoms with Crippen LogP contribution < -0.4 is 9.80 Å². The molecule has 158 valence electrons. The van der Waals surface area contributed by atoms with Gasteiger partial charge >= 0.3 is 0 Å². The van der Waals surface area contributed by atoms with Crippen LogP contribution in [0.5, 0.6) is 0 Å². The third-order valence-electron chi connectivity index (χ3n) is 4.07. The minimum atomic E-state index is -0.403. The van der Waals surface area contributed by atoms with Crippen molar-refractivity contribution in [2.45, 2.75) is 27.7 Å². The van der Waals surface area contributed by atoms with Gasteiger partial charge in [0.15, 0.2) is 0 Å². The zero-order valence-corrected chi connectivity index (χ0v) is 22.7. The minimum absolute atomic E-state index is 0.403. The van der Waals surface area contributed by atoms with E-state index < -0.39 is 23.6 Å². The van der Waals surface area contributed by atoms with Crippen molar-refractivity contribution in [2.75, 3.05) is 9.80 Å². The van der Waals surface area contributed by atoms with Crippen molar-refractivity contribution in [3.05, 3.63) is 42.2 Å². The third kappa shape index (κ3) is 5.09. The summed E-state index contributed by atoms with van der Waals surface area (Å²) in [6.07, 6.45) is 0. The SMILES string of the molecule is CC(=O)N(C(C)=O)c1c(Br)cc(-c2cc(Br)c(N(C(C)=O)C(C)=O)c(Br)c2)cc1Br. The fraction of sp³-hybridized carbons (Fsp3) is 0.200. The maximum atomic E-state index is 11.9. The summed E-state index contributed by atoms with van der Waals surface area (Å²) in [6, 6.07) is 7.11. The fourth-order valence-electron chi connectivity index (χ4n) is 2.96. The molecule has 0 saturated carbocycles. The van der Waals surface area contributed by atoms with Crippen molar-refractivity contribution in [1.29, 1.82) is 0 Å². The van der Waals surface area contributed by atoms with Gasteiger partial charge in [0.25, 0.3) is 0 Å². The second-order valence-corrected chi connectivity index (χ2v) is 9.74. The number of hydrogen-bond donors (Lipinski definition) is 0. The summed E-state index contributed by atoms with van der Waals surface area (Å²) in [4.78, 5) is 49.9. The average molecular weight is 668 g/mol. The van der Waals surface area contributed by atoms with E-state index in [1.165, 1.54) is 27.7 Å². The largest absolute Gasteiger partial charge is 0.274 e. The summed E-state index contributed by atoms with van der Waals surface area (Å²) in [5.41, 5.74) is 2.37. The molecule has 0 bridgehead atoms. The third-order valence-corrected chi connectivity index (χ3v) is 6.49. The van der Waals surface area contributed by atoms with E-state index in [4.69, 9.17) is 0 Å². The highest BCUT2D eigenvalue weighted by molar-refractivity contribution is 9.11. The molecular weight excluding hydrogens is 652 g/mol. The monoisotopic (exact) mass is 664 g/mol. The number of carbonyl (C=O) groups is 4. The molecule has 2 rings (SSSR count). The molecule has 0 N–H and O–H groups in total. The van der Waals surface area contributed by atoms with Crippen molar-refractivity contribution >= 4 is 98.7 Å². The first-order valence-electron chi connectivity index (χ1n) is 8.47. The highest BCUT2D eigenvalue weighted by atomic mass is 79.9. The van der Waals surface area contributed by atoms with E-state index in [2.05, 4.69) is 63.7 Å². The molecule has 0 aliphatic rings. The number of hydrogen-bond acceptors (Lipinski definition) is 4. The second kappa shape index (κ2) is 9.84. The zero-order valence-electron chi connectivity index (χ0n) is 16.3. The molecule has 0 aromatic heterocycles. The van der Waals surface area contributed by atoms with E-state index in [0.29, 0.717) is 29.3 Å². The maximum Gasteiger partial charge on any atom is 0.230 e. The Labute approximate surface area is 207 Å². The van der Waals surface area contributed by atoms with Crippen LogP contribution in [0, 0.1) is 0 Å². The predicted octanol–water partition coefficient (Wildman–Crippen LogP) is 6.20. The molecule has 0 radical (unpaired) electrons. The number of imide groups is 2. The lowest BCUT2D eigenvalue weighted by Crippen LogP contribution is -2.33. The maximum absolute atomic E-state index is 11.9. The highest BCUT2D eigenvalue weighted by Crippen LogP contribution is 2.42. The summed E-state index contributed by atoms with van der Waals surface area (Å²) >= 11 is 13.8. The van der Waals surface area contributed by atoms with Crippen LogP contribution in [0.2, 0.25) is 0 Å². The average Bonchev–Trinajstić information content (AvgIpc) is 2.59. The number of amides is 4. The molecule has 2 aromatic rings. The van der Waals surface area contributed by atoms with Gasteiger partial charge in [-0.1, -0.05) is 0 Å². The molecule has 10 heteroatoms. The first-order chi connectivity index (χ1) is 13.9. The molecule has 0 heterocycles. The van der Waals surface area contributed by atoms with Gasteiger partial charge in [-0.15, -0.1) is 0 Å². The van der Waals surface area contributed by atoms with Gasteiger partial charge in [0.2, 0.25) is 23.6 Å². The molecule has 6 nitrogen and oxygen atoms in total.